The van der Waals surface area contributed by atoms with Crippen molar-refractivity contribution in [3.8, 4) is 0 Å². The lowest BCUT2D eigenvalue weighted by molar-refractivity contribution is -0.210. The first-order valence-corrected chi connectivity index (χ1v) is 5.28. The maximum atomic E-state index is 11.5. The Labute approximate surface area is 96.4 Å². The highest BCUT2D eigenvalue weighted by molar-refractivity contribution is 5.79. The van der Waals surface area contributed by atoms with Crippen LogP contribution in [0.2, 0.25) is 0 Å². The third-order valence-corrected chi connectivity index (χ3v) is 3.01. The molecule has 0 unspecified atom stereocenters. The van der Waals surface area contributed by atoms with Crippen LogP contribution in [0.25, 0.3) is 10.4 Å². The minimum absolute atomic E-state index is 0.460. The quantitative estimate of drug-likeness (QED) is 0.287. The van der Waals surface area contributed by atoms with Gasteiger partial charge in [-0.25, -0.2) is 0 Å². The molecule has 0 aromatic carbocycles. The van der Waals surface area contributed by atoms with Gasteiger partial charge in [-0.05, 0) is 19.4 Å². The summed E-state index contributed by atoms with van der Waals surface area (Å²) in [5.74, 6) is -1.34. The normalized spacial score (nSPS) is 46.0. The zero-order valence-corrected chi connectivity index (χ0v) is 9.27. The van der Waals surface area contributed by atoms with Crippen molar-refractivity contribution in [1.29, 1.82) is 0 Å². The fourth-order valence-corrected chi connectivity index (χ4v) is 2.40. The van der Waals surface area contributed by atoms with Crippen molar-refractivity contribution in [3.63, 3.8) is 0 Å². The van der Waals surface area contributed by atoms with Gasteiger partial charge in [0.1, 0.15) is 6.10 Å². The molecule has 0 amide bonds. The largest absolute Gasteiger partial charge is 0.456 e. The van der Waals surface area contributed by atoms with Crippen molar-refractivity contribution >= 4 is 5.97 Å². The lowest BCUT2D eigenvalue weighted by atomic mass is 10.1. The van der Waals surface area contributed by atoms with Gasteiger partial charge < -0.3 is 18.9 Å². The molecule has 8 heteroatoms. The van der Waals surface area contributed by atoms with E-state index in [0.717, 1.165) is 0 Å². The highest BCUT2D eigenvalue weighted by Crippen LogP contribution is 2.42. The second-order valence-electron chi connectivity index (χ2n) is 4.62. The van der Waals surface area contributed by atoms with E-state index in [1.54, 1.807) is 13.8 Å². The van der Waals surface area contributed by atoms with Crippen LogP contribution < -0.4 is 0 Å². The lowest BCUT2D eigenvalue weighted by Gasteiger charge is -2.21. The van der Waals surface area contributed by atoms with Crippen LogP contribution in [0.1, 0.15) is 13.8 Å². The van der Waals surface area contributed by atoms with Crippen LogP contribution >= 0.6 is 0 Å². The van der Waals surface area contributed by atoms with Crippen LogP contribution in [0.15, 0.2) is 5.11 Å². The zero-order chi connectivity index (χ0) is 12.2. The molecule has 5 atom stereocenters. The van der Waals surface area contributed by atoms with E-state index in [1.165, 1.54) is 0 Å². The zero-order valence-electron chi connectivity index (χ0n) is 9.27. The van der Waals surface area contributed by atoms with Crippen molar-refractivity contribution in [2.24, 2.45) is 5.11 Å². The number of carbonyl (C=O) groups excluding carboxylic acids is 1. The Morgan fingerprint density at radius 3 is 2.76 bits per heavy atom. The van der Waals surface area contributed by atoms with Gasteiger partial charge in [0.15, 0.2) is 30.3 Å². The first-order valence-electron chi connectivity index (χ1n) is 5.28. The molecule has 0 aliphatic carbocycles. The summed E-state index contributed by atoms with van der Waals surface area (Å²) in [7, 11) is 0. The Balaban J connectivity index is 1.84. The third kappa shape index (κ3) is 1.49. The number of hydrogen-bond acceptors (Lipinski definition) is 6. The van der Waals surface area contributed by atoms with E-state index in [-0.39, 0.29) is 0 Å². The highest BCUT2D eigenvalue weighted by atomic mass is 16.8. The van der Waals surface area contributed by atoms with E-state index in [2.05, 4.69) is 10.0 Å². The van der Waals surface area contributed by atoms with Crippen LogP contribution in [0.3, 0.4) is 0 Å². The van der Waals surface area contributed by atoms with Crippen molar-refractivity contribution < 1.29 is 23.7 Å². The minimum Gasteiger partial charge on any atom is -0.456 e. The molecule has 3 heterocycles. The minimum atomic E-state index is -0.953. The number of azide groups is 1. The standard InChI is InChI=1S/C9H11N3O5/c1-9(2)16-6-5-4(15-8(6)17-9)3(11-12-10)7(13)14-5/h3-6,8H,1-2H3/t3-,4-,5+,6-,8-/m1/s1. The molecule has 0 saturated carbocycles. The Kier molecular flexibility index (Phi) is 2.11. The summed E-state index contributed by atoms with van der Waals surface area (Å²) < 4.78 is 21.7. The van der Waals surface area contributed by atoms with Crippen molar-refractivity contribution in [3.05, 3.63) is 10.4 Å². The molecular weight excluding hydrogens is 230 g/mol. The Hall–Kier alpha value is -1.34. The number of fused-ring (bicyclic) bond motifs is 3. The van der Waals surface area contributed by atoms with Gasteiger partial charge in [-0.1, -0.05) is 5.11 Å². The monoisotopic (exact) mass is 241 g/mol. The van der Waals surface area contributed by atoms with Crippen molar-refractivity contribution in [2.75, 3.05) is 0 Å². The number of esters is 1. The average Bonchev–Trinajstić information content (AvgIpc) is 2.78. The van der Waals surface area contributed by atoms with E-state index in [9.17, 15) is 4.79 Å². The van der Waals surface area contributed by atoms with Crippen LogP contribution in [0.4, 0.5) is 0 Å². The molecule has 3 aliphatic rings. The van der Waals surface area contributed by atoms with E-state index < -0.39 is 42.4 Å². The van der Waals surface area contributed by atoms with Crippen molar-refractivity contribution in [2.45, 2.75) is 50.3 Å². The average molecular weight is 241 g/mol. The van der Waals surface area contributed by atoms with E-state index in [1.807, 2.05) is 0 Å². The predicted molar refractivity (Wildman–Crippen MR) is 51.5 cm³/mol. The van der Waals surface area contributed by atoms with Gasteiger partial charge in [-0.3, -0.25) is 4.79 Å². The molecule has 3 saturated heterocycles. The van der Waals surface area contributed by atoms with Gasteiger partial charge in [0.2, 0.25) is 0 Å². The number of nitrogens with zero attached hydrogens (tertiary/aromatic N) is 3. The summed E-state index contributed by atoms with van der Waals surface area (Å²) >= 11 is 0. The number of ether oxygens (including phenoxy) is 4. The van der Waals surface area contributed by atoms with Gasteiger partial charge in [-0.15, -0.1) is 0 Å². The summed E-state index contributed by atoms with van der Waals surface area (Å²) in [4.78, 5) is 14.1. The fraction of sp³-hybridized carbons (Fsp3) is 0.889. The third-order valence-electron chi connectivity index (χ3n) is 3.01. The van der Waals surface area contributed by atoms with Gasteiger partial charge in [0.05, 0.1) is 0 Å². The SMILES string of the molecule is CC1(C)O[C@H]2O[C@H]3[C@H](OC(=O)[C@@H]3N=[N+]=[N-])[C@H]2O1. The number of rotatable bonds is 1. The van der Waals surface area contributed by atoms with E-state index in [0.29, 0.717) is 0 Å². The van der Waals surface area contributed by atoms with Crippen LogP contribution in [-0.4, -0.2) is 42.4 Å². The topological polar surface area (TPSA) is 103 Å². The molecule has 0 aromatic rings. The Morgan fingerprint density at radius 2 is 2.06 bits per heavy atom. The van der Waals surface area contributed by atoms with Crippen LogP contribution in [0.5, 0.6) is 0 Å². The molecule has 92 valence electrons. The predicted octanol–water partition coefficient (Wildman–Crippen LogP) is 0.467. The second kappa shape index (κ2) is 3.33. The lowest BCUT2D eigenvalue weighted by Crippen LogP contribution is -2.34. The molecule has 3 aliphatic heterocycles. The Bertz CT molecular complexity index is 419. The second-order valence-corrected chi connectivity index (χ2v) is 4.62. The maximum Gasteiger partial charge on any atom is 0.318 e. The smallest absolute Gasteiger partial charge is 0.318 e. The molecule has 0 aromatic heterocycles. The van der Waals surface area contributed by atoms with Gasteiger partial charge in [-0.2, -0.15) is 0 Å². The van der Waals surface area contributed by atoms with E-state index in [4.69, 9.17) is 24.5 Å². The molecule has 0 N–H and O–H groups in total. The molecule has 3 fully saturated rings. The summed E-state index contributed by atoms with van der Waals surface area (Å²) in [6.45, 7) is 3.51. The van der Waals surface area contributed by atoms with Gasteiger partial charge in [0.25, 0.3) is 0 Å². The molecule has 0 spiro atoms. The number of carbonyl (C=O) groups is 1. The molecule has 0 bridgehead atoms. The van der Waals surface area contributed by atoms with Crippen LogP contribution in [-0.2, 0) is 23.7 Å². The number of hydrogen-bond donors (Lipinski definition) is 0. The molecule has 0 radical (unpaired) electrons. The molecule has 8 nitrogen and oxygen atoms in total. The first kappa shape index (κ1) is 10.8. The Morgan fingerprint density at radius 1 is 1.29 bits per heavy atom. The summed E-state index contributed by atoms with van der Waals surface area (Å²) in [6.07, 6.45) is -2.23. The summed E-state index contributed by atoms with van der Waals surface area (Å²) in [6, 6.07) is -0.953. The molecular formula is C9H11N3O5. The maximum absolute atomic E-state index is 11.5. The molecule has 17 heavy (non-hydrogen) atoms. The van der Waals surface area contributed by atoms with E-state index >= 15 is 0 Å². The highest BCUT2D eigenvalue weighted by Gasteiger charge is 2.62. The summed E-state index contributed by atoms with van der Waals surface area (Å²) in [5.41, 5.74) is 8.38. The fourth-order valence-electron chi connectivity index (χ4n) is 2.40. The van der Waals surface area contributed by atoms with Gasteiger partial charge >= 0.3 is 5.97 Å². The van der Waals surface area contributed by atoms with Gasteiger partial charge in [0, 0.05) is 4.91 Å². The van der Waals surface area contributed by atoms with Crippen molar-refractivity contribution in [1.82, 2.24) is 0 Å². The molecule has 3 rings (SSSR count). The summed E-state index contributed by atoms with van der Waals surface area (Å²) in [5, 5.41) is 3.38. The van der Waals surface area contributed by atoms with Crippen LogP contribution in [0, 0.1) is 0 Å². The first-order chi connectivity index (χ1) is 8.02.